The molecule has 146 valence electrons. The second-order valence-electron chi connectivity index (χ2n) is 6.50. The van der Waals surface area contributed by atoms with Gasteiger partial charge in [0.05, 0.1) is 6.54 Å². The van der Waals surface area contributed by atoms with E-state index in [-0.39, 0.29) is 12.5 Å². The molecule has 27 heavy (non-hydrogen) atoms. The van der Waals surface area contributed by atoms with Crippen molar-refractivity contribution in [3.63, 3.8) is 0 Å². The third-order valence-electron chi connectivity index (χ3n) is 3.92. The number of nitrogens with one attached hydrogen (secondary N) is 3. The van der Waals surface area contributed by atoms with E-state index >= 15 is 0 Å². The quantitative estimate of drug-likeness (QED) is 0.317. The van der Waals surface area contributed by atoms with E-state index in [0.717, 1.165) is 10.4 Å². The van der Waals surface area contributed by atoms with E-state index in [0.29, 0.717) is 31.2 Å². The number of aliphatic hydroxyl groups is 1. The van der Waals surface area contributed by atoms with Crippen LogP contribution in [-0.2, 0) is 5.60 Å². The molecule has 1 aromatic heterocycles. The summed E-state index contributed by atoms with van der Waals surface area (Å²) >= 11 is 1.51. The van der Waals surface area contributed by atoms with Crippen LogP contribution in [0.1, 0.15) is 34.6 Å². The Hall–Kier alpha value is -2.38. The van der Waals surface area contributed by atoms with E-state index in [4.69, 9.17) is 0 Å². The summed E-state index contributed by atoms with van der Waals surface area (Å²) in [6.45, 7) is 7.66. The summed E-state index contributed by atoms with van der Waals surface area (Å²) in [5.74, 6) is 0.516. The highest BCUT2D eigenvalue weighted by molar-refractivity contribution is 7.10. The Kier molecular flexibility index (Phi) is 7.82. The summed E-state index contributed by atoms with van der Waals surface area (Å²) in [6.07, 6.45) is 0. The van der Waals surface area contributed by atoms with Crippen LogP contribution in [-0.4, -0.2) is 43.2 Å². The zero-order valence-corrected chi connectivity index (χ0v) is 16.9. The highest BCUT2D eigenvalue weighted by Crippen LogP contribution is 2.25. The normalized spacial score (nSPS) is 13.7. The van der Waals surface area contributed by atoms with Crippen LogP contribution in [0.2, 0.25) is 0 Å². The Labute approximate surface area is 164 Å². The number of amides is 1. The molecule has 0 bridgehead atoms. The van der Waals surface area contributed by atoms with Gasteiger partial charge in [-0.1, -0.05) is 23.8 Å². The highest BCUT2D eigenvalue weighted by atomic mass is 32.1. The fourth-order valence-corrected chi connectivity index (χ4v) is 3.26. The molecule has 0 fully saturated rings. The lowest BCUT2D eigenvalue weighted by atomic mass is 10.1. The number of carbonyl (C=O) groups excluding carboxylic acids is 1. The molecule has 2 aromatic rings. The predicted octanol–water partition coefficient (Wildman–Crippen LogP) is 2.25. The Balaban J connectivity index is 1.82. The van der Waals surface area contributed by atoms with Gasteiger partial charge in [0.1, 0.15) is 5.60 Å². The molecule has 0 radical (unpaired) electrons. The number of hydrogen-bond donors (Lipinski definition) is 4. The Morgan fingerprint density at radius 1 is 1.19 bits per heavy atom. The number of nitrogens with zero attached hydrogens (tertiary/aromatic N) is 1. The topological polar surface area (TPSA) is 85.8 Å². The van der Waals surface area contributed by atoms with Crippen molar-refractivity contribution in [2.24, 2.45) is 4.99 Å². The van der Waals surface area contributed by atoms with E-state index < -0.39 is 5.60 Å². The molecular weight excluding hydrogens is 360 g/mol. The minimum absolute atomic E-state index is 0.0944. The van der Waals surface area contributed by atoms with Gasteiger partial charge in [-0.05, 0) is 44.4 Å². The molecule has 1 heterocycles. The van der Waals surface area contributed by atoms with Crippen LogP contribution in [0.5, 0.6) is 0 Å². The Morgan fingerprint density at radius 3 is 2.63 bits per heavy atom. The average Bonchev–Trinajstić information content (AvgIpc) is 3.18. The number of thiophene rings is 1. The number of hydrogen-bond acceptors (Lipinski definition) is 4. The molecular formula is C20H28N4O2S. The van der Waals surface area contributed by atoms with Gasteiger partial charge in [-0.25, -0.2) is 4.99 Å². The summed E-state index contributed by atoms with van der Waals surface area (Å²) < 4.78 is 0. The molecule has 0 spiro atoms. The van der Waals surface area contributed by atoms with Crippen molar-refractivity contribution in [2.45, 2.75) is 26.4 Å². The molecule has 0 aliphatic heterocycles. The molecule has 2 rings (SSSR count). The van der Waals surface area contributed by atoms with Crippen LogP contribution >= 0.6 is 11.3 Å². The third-order valence-corrected chi connectivity index (χ3v) is 5.05. The second kappa shape index (κ2) is 10.1. The maximum absolute atomic E-state index is 12.1. The second-order valence-corrected chi connectivity index (χ2v) is 7.45. The van der Waals surface area contributed by atoms with Gasteiger partial charge in [0, 0.05) is 30.1 Å². The van der Waals surface area contributed by atoms with E-state index in [2.05, 4.69) is 20.9 Å². The van der Waals surface area contributed by atoms with Crippen molar-refractivity contribution >= 4 is 23.2 Å². The fourth-order valence-electron chi connectivity index (χ4n) is 2.48. The number of guanidine groups is 1. The molecule has 6 nitrogen and oxygen atoms in total. The molecule has 1 unspecified atom stereocenters. The first-order valence-corrected chi connectivity index (χ1v) is 9.94. The lowest BCUT2D eigenvalue weighted by Gasteiger charge is -2.20. The molecule has 4 N–H and O–H groups in total. The van der Waals surface area contributed by atoms with Crippen molar-refractivity contribution in [1.29, 1.82) is 0 Å². The summed E-state index contributed by atoms with van der Waals surface area (Å²) in [5.41, 5.74) is 0.707. The van der Waals surface area contributed by atoms with Gasteiger partial charge in [-0.3, -0.25) is 4.79 Å². The molecule has 1 amide bonds. The van der Waals surface area contributed by atoms with E-state index in [1.165, 1.54) is 11.3 Å². The van der Waals surface area contributed by atoms with Gasteiger partial charge in [0.25, 0.3) is 5.91 Å². The predicted molar refractivity (Wildman–Crippen MR) is 111 cm³/mol. The van der Waals surface area contributed by atoms with Crippen LogP contribution in [0.25, 0.3) is 0 Å². The lowest BCUT2D eigenvalue weighted by molar-refractivity contribution is 0.0711. The number of aliphatic imine (C=N–C) groups is 1. The van der Waals surface area contributed by atoms with Crippen LogP contribution < -0.4 is 16.0 Å². The zero-order chi connectivity index (χ0) is 19.7. The molecule has 1 atom stereocenters. The SMILES string of the molecule is CCNC(=NCC(C)(O)c1cccs1)NCCNC(=O)c1cccc(C)c1. The first-order valence-electron chi connectivity index (χ1n) is 9.06. The average molecular weight is 389 g/mol. The summed E-state index contributed by atoms with van der Waals surface area (Å²) in [4.78, 5) is 17.5. The Morgan fingerprint density at radius 2 is 1.96 bits per heavy atom. The smallest absolute Gasteiger partial charge is 0.251 e. The van der Waals surface area contributed by atoms with Gasteiger partial charge in [-0.15, -0.1) is 11.3 Å². The molecule has 7 heteroatoms. The first kappa shape index (κ1) is 20.9. The largest absolute Gasteiger partial charge is 0.383 e. The minimum Gasteiger partial charge on any atom is -0.383 e. The molecule has 0 aliphatic rings. The standard InChI is InChI=1S/C20H28N4O2S/c1-4-21-19(24-14-20(3,26)17-9-6-12-27-17)23-11-10-22-18(25)16-8-5-7-15(2)13-16/h5-9,12-13,26H,4,10-11,14H2,1-3H3,(H,22,25)(H2,21,23,24). The van der Waals surface area contributed by atoms with Crippen molar-refractivity contribution in [3.8, 4) is 0 Å². The maximum atomic E-state index is 12.1. The number of rotatable bonds is 8. The maximum Gasteiger partial charge on any atom is 0.251 e. The van der Waals surface area contributed by atoms with Gasteiger partial charge in [0.2, 0.25) is 0 Å². The van der Waals surface area contributed by atoms with Crippen LogP contribution in [0.3, 0.4) is 0 Å². The van der Waals surface area contributed by atoms with Crippen LogP contribution in [0, 0.1) is 6.92 Å². The zero-order valence-electron chi connectivity index (χ0n) is 16.1. The van der Waals surface area contributed by atoms with Crippen LogP contribution in [0.4, 0.5) is 0 Å². The molecule has 1 aromatic carbocycles. The number of benzene rings is 1. The highest BCUT2D eigenvalue weighted by Gasteiger charge is 2.23. The molecule has 0 aliphatic carbocycles. The minimum atomic E-state index is -1.00. The summed E-state index contributed by atoms with van der Waals surface area (Å²) in [5, 5.41) is 21.7. The van der Waals surface area contributed by atoms with Crippen molar-refractivity contribution in [1.82, 2.24) is 16.0 Å². The monoisotopic (exact) mass is 388 g/mol. The molecule has 0 saturated heterocycles. The lowest BCUT2D eigenvalue weighted by Crippen LogP contribution is -2.42. The van der Waals surface area contributed by atoms with Gasteiger partial charge in [-0.2, -0.15) is 0 Å². The van der Waals surface area contributed by atoms with Crippen molar-refractivity contribution in [3.05, 3.63) is 57.8 Å². The Bertz CT molecular complexity index is 757. The van der Waals surface area contributed by atoms with E-state index in [1.54, 1.807) is 13.0 Å². The third kappa shape index (κ3) is 6.69. The van der Waals surface area contributed by atoms with E-state index in [9.17, 15) is 9.90 Å². The number of carbonyl (C=O) groups is 1. The van der Waals surface area contributed by atoms with Gasteiger partial charge in [0.15, 0.2) is 5.96 Å². The number of aryl methyl sites for hydroxylation is 1. The van der Waals surface area contributed by atoms with E-state index in [1.807, 2.05) is 49.6 Å². The van der Waals surface area contributed by atoms with Crippen molar-refractivity contribution in [2.75, 3.05) is 26.2 Å². The summed E-state index contributed by atoms with van der Waals surface area (Å²) in [6, 6.07) is 11.3. The summed E-state index contributed by atoms with van der Waals surface area (Å²) in [7, 11) is 0. The molecule has 0 saturated carbocycles. The fraction of sp³-hybridized carbons (Fsp3) is 0.400. The van der Waals surface area contributed by atoms with Gasteiger partial charge >= 0.3 is 0 Å². The first-order chi connectivity index (χ1) is 12.9. The van der Waals surface area contributed by atoms with Gasteiger partial charge < -0.3 is 21.1 Å². The van der Waals surface area contributed by atoms with Crippen LogP contribution in [0.15, 0.2) is 46.8 Å². The van der Waals surface area contributed by atoms with Crippen molar-refractivity contribution < 1.29 is 9.90 Å².